The average Bonchev–Trinajstić information content (AvgIpc) is 3.20. The molecule has 3 heterocycles. The van der Waals surface area contributed by atoms with Crippen molar-refractivity contribution >= 4 is 21.5 Å². The molecule has 31 heavy (non-hydrogen) atoms. The van der Waals surface area contributed by atoms with Gasteiger partial charge in [0.25, 0.3) is 11.8 Å². The molecule has 1 aromatic carbocycles. The first-order valence-corrected chi connectivity index (χ1v) is 12.4. The smallest absolute Gasteiger partial charge is 0.258 e. The molecule has 3 unspecified atom stereocenters. The number of piperidine rings is 1. The lowest BCUT2D eigenvalue weighted by atomic mass is 9.91. The minimum absolute atomic E-state index is 0.0333. The molecule has 2 bridgehead atoms. The van der Waals surface area contributed by atoms with E-state index in [1.807, 2.05) is 35.2 Å². The van der Waals surface area contributed by atoms with Gasteiger partial charge in [-0.15, -0.1) is 0 Å². The molecule has 3 atom stereocenters. The van der Waals surface area contributed by atoms with Crippen LogP contribution in [0.4, 0.5) is 0 Å². The molecule has 8 nitrogen and oxygen atoms in total. The van der Waals surface area contributed by atoms with E-state index in [0.29, 0.717) is 24.6 Å². The van der Waals surface area contributed by atoms with Crippen molar-refractivity contribution in [3.63, 3.8) is 0 Å². The van der Waals surface area contributed by atoms with Crippen LogP contribution in [0.5, 0.6) is 0 Å². The summed E-state index contributed by atoms with van der Waals surface area (Å²) in [6, 6.07) is 9.64. The molecule has 0 radical (unpaired) electrons. The molecular formula is C22H28N4O4S. The minimum atomic E-state index is -2.61. The van der Waals surface area contributed by atoms with Gasteiger partial charge in [-0.05, 0) is 42.9 Å². The lowest BCUT2D eigenvalue weighted by Gasteiger charge is -2.42. The second-order valence-electron chi connectivity index (χ2n) is 8.49. The fraction of sp³-hybridized carbons (Fsp3) is 0.500. The second kappa shape index (κ2) is 8.92. The minimum Gasteiger partial charge on any atom is -0.372 e. The summed E-state index contributed by atoms with van der Waals surface area (Å²) in [6.07, 6.45) is 3.96. The first-order chi connectivity index (χ1) is 14.8. The number of amides is 2. The van der Waals surface area contributed by atoms with Crippen molar-refractivity contribution in [2.24, 2.45) is 16.2 Å². The van der Waals surface area contributed by atoms with Gasteiger partial charge in [-0.3, -0.25) is 9.59 Å². The van der Waals surface area contributed by atoms with Gasteiger partial charge < -0.3 is 9.64 Å². The Labute approximate surface area is 182 Å². The number of ether oxygens (including phenoxy) is 1. The third-order valence-corrected chi connectivity index (χ3v) is 8.43. The highest BCUT2D eigenvalue weighted by molar-refractivity contribution is 7.93. The van der Waals surface area contributed by atoms with E-state index in [0.717, 1.165) is 17.7 Å². The molecule has 2 aromatic rings. The van der Waals surface area contributed by atoms with Crippen molar-refractivity contribution in [2.45, 2.75) is 25.9 Å². The molecule has 166 valence electrons. The van der Waals surface area contributed by atoms with E-state index in [1.165, 1.54) is 7.11 Å². The van der Waals surface area contributed by atoms with Gasteiger partial charge in [0.1, 0.15) is 6.10 Å². The van der Waals surface area contributed by atoms with Crippen LogP contribution in [0.15, 0.2) is 47.1 Å². The van der Waals surface area contributed by atoms with E-state index < -0.39 is 15.8 Å². The maximum atomic E-state index is 13.4. The van der Waals surface area contributed by atoms with E-state index >= 15 is 0 Å². The number of hydrogen-bond acceptors (Lipinski definition) is 5. The molecule has 2 aliphatic heterocycles. The molecule has 9 heteroatoms. The Balaban J connectivity index is 1.42. The van der Waals surface area contributed by atoms with Crippen LogP contribution in [0, 0.1) is 11.8 Å². The number of rotatable bonds is 5. The Bertz CT molecular complexity index is 1050. The zero-order valence-electron chi connectivity index (χ0n) is 17.8. The zero-order chi connectivity index (χ0) is 22.0. The zero-order valence-corrected chi connectivity index (χ0v) is 18.7. The molecule has 0 aliphatic carbocycles. The number of methoxy groups -OCH3 is 1. The topological polar surface area (TPSA) is 93.9 Å². The third kappa shape index (κ3) is 5.04. The van der Waals surface area contributed by atoms with Crippen LogP contribution < -0.4 is 0 Å². The summed E-state index contributed by atoms with van der Waals surface area (Å²) >= 11 is 0. The van der Waals surface area contributed by atoms with E-state index in [2.05, 4.69) is 9.46 Å². The Morgan fingerprint density at radius 2 is 1.90 bits per heavy atom. The van der Waals surface area contributed by atoms with E-state index in [-0.39, 0.29) is 30.1 Å². The monoisotopic (exact) mass is 444 g/mol. The van der Waals surface area contributed by atoms with Crippen LogP contribution in [0.1, 0.15) is 18.9 Å². The Morgan fingerprint density at radius 3 is 2.55 bits per heavy atom. The molecule has 4 rings (SSSR count). The Morgan fingerprint density at radius 1 is 1.23 bits per heavy atom. The van der Waals surface area contributed by atoms with Crippen molar-refractivity contribution in [3.05, 3.63) is 48.3 Å². The lowest BCUT2D eigenvalue weighted by Crippen LogP contribution is -2.53. The van der Waals surface area contributed by atoms with Crippen LogP contribution in [-0.4, -0.2) is 68.5 Å². The van der Waals surface area contributed by atoms with Gasteiger partial charge in [0.2, 0.25) is 0 Å². The van der Waals surface area contributed by atoms with Crippen LogP contribution in [0.2, 0.25) is 0 Å². The standard InChI is InChI=1S/C22H28N4O4S/c1-16(30-2)22(28)25-11-18-8-19(12-25)15-31(29,14-18)24-21(27)9-17-10-23-26(13-17)20-6-4-3-5-7-20/h3-7,10,13,16,18-19H,8-9,11-12,14-15H2,1-2H3. The highest BCUT2D eigenvalue weighted by Gasteiger charge is 2.39. The number of carbonyl (C=O) groups excluding carboxylic acids is 2. The van der Waals surface area contributed by atoms with Crippen molar-refractivity contribution in [1.29, 1.82) is 0 Å². The van der Waals surface area contributed by atoms with Gasteiger partial charge >= 0.3 is 0 Å². The summed E-state index contributed by atoms with van der Waals surface area (Å²) in [4.78, 5) is 26.9. The van der Waals surface area contributed by atoms with Crippen molar-refractivity contribution in [3.8, 4) is 5.69 Å². The molecule has 0 N–H and O–H groups in total. The van der Waals surface area contributed by atoms with E-state index in [1.54, 1.807) is 24.0 Å². The number of aromatic nitrogens is 2. The number of nitrogens with zero attached hydrogens (tertiary/aromatic N) is 4. The molecule has 1 aromatic heterocycles. The molecule has 2 saturated heterocycles. The Hall–Kier alpha value is -2.52. The number of para-hydroxylation sites is 1. The van der Waals surface area contributed by atoms with E-state index in [4.69, 9.17) is 4.74 Å². The lowest BCUT2D eigenvalue weighted by molar-refractivity contribution is -0.143. The summed E-state index contributed by atoms with van der Waals surface area (Å²) in [5.74, 6) is 0.524. The predicted octanol–water partition coefficient (Wildman–Crippen LogP) is 1.92. The van der Waals surface area contributed by atoms with Gasteiger partial charge in [0.15, 0.2) is 0 Å². The molecule has 2 fully saturated rings. The number of carbonyl (C=O) groups is 2. The third-order valence-electron chi connectivity index (χ3n) is 5.91. The van der Waals surface area contributed by atoms with Gasteiger partial charge in [0, 0.05) is 37.9 Å². The predicted molar refractivity (Wildman–Crippen MR) is 117 cm³/mol. The summed E-state index contributed by atoms with van der Waals surface area (Å²) < 4.78 is 24.4. The van der Waals surface area contributed by atoms with Gasteiger partial charge in [0.05, 0.1) is 28.0 Å². The number of hydrogen-bond donors (Lipinski definition) is 0. The summed E-state index contributed by atoms with van der Waals surface area (Å²) in [5, 5.41) is 4.30. The fourth-order valence-corrected chi connectivity index (χ4v) is 7.22. The Kier molecular flexibility index (Phi) is 6.24. The number of benzene rings is 1. The van der Waals surface area contributed by atoms with Crippen molar-refractivity contribution in [1.82, 2.24) is 14.7 Å². The molecule has 0 saturated carbocycles. The van der Waals surface area contributed by atoms with Crippen molar-refractivity contribution < 1.29 is 18.5 Å². The van der Waals surface area contributed by atoms with Gasteiger partial charge in [-0.25, -0.2) is 8.89 Å². The summed E-state index contributed by atoms with van der Waals surface area (Å²) in [5.41, 5.74) is 1.65. The molecule has 2 amide bonds. The largest absolute Gasteiger partial charge is 0.372 e. The van der Waals surface area contributed by atoms with Crippen LogP contribution in [0.25, 0.3) is 5.69 Å². The maximum Gasteiger partial charge on any atom is 0.258 e. The quantitative estimate of drug-likeness (QED) is 0.702. The van der Waals surface area contributed by atoms with Gasteiger partial charge in [-0.1, -0.05) is 18.2 Å². The van der Waals surface area contributed by atoms with Crippen molar-refractivity contribution in [2.75, 3.05) is 31.7 Å². The first-order valence-electron chi connectivity index (χ1n) is 10.5. The first kappa shape index (κ1) is 21.7. The molecule has 0 spiro atoms. The second-order valence-corrected chi connectivity index (χ2v) is 10.9. The van der Waals surface area contributed by atoms with Crippen LogP contribution in [0.3, 0.4) is 0 Å². The number of fused-ring (bicyclic) bond motifs is 2. The summed E-state index contributed by atoms with van der Waals surface area (Å²) in [7, 11) is -1.09. The maximum absolute atomic E-state index is 13.4. The average molecular weight is 445 g/mol. The highest BCUT2D eigenvalue weighted by Crippen LogP contribution is 2.31. The van der Waals surface area contributed by atoms with Crippen LogP contribution in [-0.2, 0) is 30.5 Å². The summed E-state index contributed by atoms with van der Waals surface area (Å²) in [6.45, 7) is 2.84. The molecular weight excluding hydrogens is 416 g/mol. The fourth-order valence-electron chi connectivity index (χ4n) is 4.54. The normalized spacial score (nSPS) is 26.3. The van der Waals surface area contributed by atoms with E-state index in [9.17, 15) is 13.8 Å². The molecule has 2 aliphatic rings. The van der Waals surface area contributed by atoms with Gasteiger partial charge in [-0.2, -0.15) is 9.46 Å². The van der Waals surface area contributed by atoms with Crippen LogP contribution >= 0.6 is 0 Å². The number of likely N-dealkylation sites (tertiary alicyclic amines) is 1. The SMILES string of the molecule is COC(C)C(=O)N1CC2CC(C1)CS(=O)(=NC(=O)Cc1cnn(-c3ccccc3)c1)C2. The highest BCUT2D eigenvalue weighted by atomic mass is 32.2.